The Bertz CT molecular complexity index is 606. The van der Waals surface area contributed by atoms with Crippen LogP contribution in [0.15, 0.2) is 29.0 Å². The third-order valence-electron chi connectivity index (χ3n) is 3.42. The Balaban J connectivity index is 1.70. The van der Waals surface area contributed by atoms with Crippen molar-refractivity contribution in [2.24, 2.45) is 0 Å². The van der Waals surface area contributed by atoms with Crippen molar-refractivity contribution in [3.05, 3.63) is 36.0 Å². The number of hydrogen-bond acceptors (Lipinski definition) is 5. The van der Waals surface area contributed by atoms with E-state index in [4.69, 9.17) is 4.52 Å². The van der Waals surface area contributed by atoms with E-state index in [1.165, 1.54) is 0 Å². The van der Waals surface area contributed by atoms with Crippen LogP contribution in [0, 0.1) is 6.92 Å². The summed E-state index contributed by atoms with van der Waals surface area (Å²) in [5.74, 6) is 0.971. The van der Waals surface area contributed by atoms with Crippen LogP contribution in [0.4, 0.5) is 10.7 Å². The van der Waals surface area contributed by atoms with Crippen LogP contribution < -0.4 is 10.6 Å². The third-order valence-corrected chi connectivity index (χ3v) is 3.42. The zero-order chi connectivity index (χ0) is 14.0. The molecule has 0 bridgehead atoms. The summed E-state index contributed by atoms with van der Waals surface area (Å²) in [5, 5.41) is 9.28. The van der Waals surface area contributed by atoms with Gasteiger partial charge in [-0.2, -0.15) is 0 Å². The van der Waals surface area contributed by atoms with E-state index in [1.54, 1.807) is 31.5 Å². The van der Waals surface area contributed by atoms with Crippen molar-refractivity contribution >= 4 is 11.9 Å². The number of carbonyl (C=O) groups is 1. The van der Waals surface area contributed by atoms with Crippen LogP contribution >= 0.6 is 0 Å². The first-order chi connectivity index (χ1) is 9.68. The van der Waals surface area contributed by atoms with Gasteiger partial charge in [0.25, 0.3) is 0 Å². The average Bonchev–Trinajstić information content (AvgIpc) is 2.80. The molecule has 2 heterocycles. The standard InChI is InChI=1S/C13H15N5O2/c1-9-8-10(20-18-9)16-12(19)17-13(4-2-5-13)11-14-6-3-7-15-11/h3,6-8H,2,4-5H2,1H3,(H2,16,17,19). The van der Waals surface area contributed by atoms with Gasteiger partial charge >= 0.3 is 6.03 Å². The van der Waals surface area contributed by atoms with Gasteiger partial charge in [0.1, 0.15) is 5.54 Å². The molecule has 2 N–H and O–H groups in total. The van der Waals surface area contributed by atoms with E-state index in [-0.39, 0.29) is 6.03 Å². The Kier molecular flexibility index (Phi) is 3.09. The Morgan fingerprint density at radius 1 is 1.35 bits per heavy atom. The van der Waals surface area contributed by atoms with Crippen LogP contribution in [-0.2, 0) is 5.54 Å². The van der Waals surface area contributed by atoms with E-state index in [0.717, 1.165) is 19.3 Å². The summed E-state index contributed by atoms with van der Waals surface area (Å²) >= 11 is 0. The van der Waals surface area contributed by atoms with Gasteiger partial charge in [0.15, 0.2) is 5.82 Å². The second kappa shape index (κ2) is 4.92. The van der Waals surface area contributed by atoms with Crippen molar-refractivity contribution in [2.75, 3.05) is 5.32 Å². The minimum absolute atomic E-state index is 0.323. The number of rotatable bonds is 3. The maximum Gasteiger partial charge on any atom is 0.322 e. The lowest BCUT2D eigenvalue weighted by molar-refractivity contribution is 0.175. The molecule has 1 saturated carbocycles. The number of nitrogens with zero attached hydrogens (tertiary/aromatic N) is 3. The minimum atomic E-state index is -0.472. The number of aryl methyl sites for hydroxylation is 1. The zero-order valence-electron chi connectivity index (χ0n) is 11.1. The molecule has 0 unspecified atom stereocenters. The lowest BCUT2D eigenvalue weighted by atomic mass is 9.76. The fraction of sp³-hybridized carbons (Fsp3) is 0.385. The zero-order valence-corrected chi connectivity index (χ0v) is 11.1. The first kappa shape index (κ1) is 12.6. The number of carbonyl (C=O) groups excluding carboxylic acids is 1. The van der Waals surface area contributed by atoms with Gasteiger partial charge < -0.3 is 9.84 Å². The molecule has 0 spiro atoms. The van der Waals surface area contributed by atoms with E-state index in [9.17, 15) is 4.79 Å². The number of amides is 2. The molecule has 7 heteroatoms. The molecule has 0 saturated heterocycles. The third kappa shape index (κ3) is 2.34. The highest BCUT2D eigenvalue weighted by Gasteiger charge is 2.42. The van der Waals surface area contributed by atoms with Crippen LogP contribution in [0.5, 0.6) is 0 Å². The van der Waals surface area contributed by atoms with Crippen LogP contribution in [0.25, 0.3) is 0 Å². The van der Waals surface area contributed by atoms with E-state index in [0.29, 0.717) is 17.4 Å². The summed E-state index contributed by atoms with van der Waals surface area (Å²) < 4.78 is 4.95. The number of urea groups is 1. The highest BCUT2D eigenvalue weighted by atomic mass is 16.5. The van der Waals surface area contributed by atoms with Crippen molar-refractivity contribution in [1.82, 2.24) is 20.4 Å². The first-order valence-electron chi connectivity index (χ1n) is 6.48. The molecule has 0 aromatic carbocycles. The molecule has 0 radical (unpaired) electrons. The second-order valence-electron chi connectivity index (χ2n) is 4.92. The molecule has 7 nitrogen and oxygen atoms in total. The van der Waals surface area contributed by atoms with Crippen LogP contribution in [0.3, 0.4) is 0 Å². The van der Waals surface area contributed by atoms with Crippen molar-refractivity contribution in [2.45, 2.75) is 31.7 Å². The van der Waals surface area contributed by atoms with Gasteiger partial charge in [-0.25, -0.2) is 14.8 Å². The molecule has 2 amide bonds. The Hall–Kier alpha value is -2.44. The van der Waals surface area contributed by atoms with Crippen LogP contribution in [-0.4, -0.2) is 21.2 Å². The van der Waals surface area contributed by atoms with E-state index in [2.05, 4.69) is 25.8 Å². The predicted octanol–water partition coefficient (Wildman–Crippen LogP) is 1.97. The molecular weight excluding hydrogens is 258 g/mol. The summed E-state index contributed by atoms with van der Waals surface area (Å²) in [6, 6.07) is 3.08. The number of hydrogen-bond donors (Lipinski definition) is 2. The van der Waals surface area contributed by atoms with Gasteiger partial charge in [-0.05, 0) is 32.3 Å². The van der Waals surface area contributed by atoms with E-state index < -0.39 is 5.54 Å². The summed E-state index contributed by atoms with van der Waals surface area (Å²) in [7, 11) is 0. The van der Waals surface area contributed by atoms with Crippen molar-refractivity contribution in [3.63, 3.8) is 0 Å². The van der Waals surface area contributed by atoms with Gasteiger partial charge in [-0.1, -0.05) is 5.16 Å². The number of aromatic nitrogens is 3. The molecule has 2 aromatic heterocycles. The molecule has 104 valence electrons. The Morgan fingerprint density at radius 2 is 2.10 bits per heavy atom. The maximum atomic E-state index is 12.0. The normalized spacial score (nSPS) is 16.2. The van der Waals surface area contributed by atoms with Gasteiger partial charge in [0, 0.05) is 18.5 Å². The Labute approximate surface area is 115 Å². The quantitative estimate of drug-likeness (QED) is 0.891. The van der Waals surface area contributed by atoms with Crippen molar-refractivity contribution in [3.8, 4) is 0 Å². The largest absolute Gasteiger partial charge is 0.338 e. The van der Waals surface area contributed by atoms with E-state index in [1.807, 2.05) is 0 Å². The van der Waals surface area contributed by atoms with Crippen molar-refractivity contribution < 1.29 is 9.32 Å². The SMILES string of the molecule is Cc1cc(NC(=O)NC2(c3ncccn3)CCC2)on1. The maximum absolute atomic E-state index is 12.0. The van der Waals surface area contributed by atoms with Gasteiger partial charge in [-0.3, -0.25) is 5.32 Å². The number of nitrogens with one attached hydrogen (secondary N) is 2. The molecule has 1 aliphatic rings. The summed E-state index contributed by atoms with van der Waals surface area (Å²) in [6.07, 6.45) is 6.07. The van der Waals surface area contributed by atoms with Crippen LogP contribution in [0.2, 0.25) is 0 Å². The highest BCUT2D eigenvalue weighted by Crippen LogP contribution is 2.39. The van der Waals surface area contributed by atoms with Crippen molar-refractivity contribution in [1.29, 1.82) is 0 Å². The van der Waals surface area contributed by atoms with E-state index >= 15 is 0 Å². The second-order valence-corrected chi connectivity index (χ2v) is 4.92. The molecule has 0 atom stereocenters. The first-order valence-corrected chi connectivity index (χ1v) is 6.48. The smallest absolute Gasteiger partial charge is 0.322 e. The number of anilines is 1. The topological polar surface area (TPSA) is 92.9 Å². The minimum Gasteiger partial charge on any atom is -0.338 e. The highest BCUT2D eigenvalue weighted by molar-refractivity contribution is 5.88. The molecule has 3 rings (SSSR count). The lowest BCUT2D eigenvalue weighted by Crippen LogP contribution is -2.53. The Morgan fingerprint density at radius 3 is 2.65 bits per heavy atom. The molecule has 1 aliphatic carbocycles. The fourth-order valence-electron chi connectivity index (χ4n) is 2.26. The summed E-state index contributed by atoms with van der Waals surface area (Å²) in [6.45, 7) is 1.79. The average molecular weight is 273 g/mol. The molecular formula is C13H15N5O2. The monoisotopic (exact) mass is 273 g/mol. The summed E-state index contributed by atoms with van der Waals surface area (Å²) in [5.41, 5.74) is 0.241. The molecule has 0 aliphatic heterocycles. The lowest BCUT2D eigenvalue weighted by Gasteiger charge is -2.40. The molecule has 1 fully saturated rings. The van der Waals surface area contributed by atoms with Gasteiger partial charge in [-0.15, -0.1) is 0 Å². The summed E-state index contributed by atoms with van der Waals surface area (Å²) in [4.78, 5) is 20.5. The van der Waals surface area contributed by atoms with Crippen LogP contribution in [0.1, 0.15) is 30.8 Å². The van der Waals surface area contributed by atoms with Gasteiger partial charge in [0.05, 0.1) is 5.69 Å². The molecule has 20 heavy (non-hydrogen) atoms. The predicted molar refractivity (Wildman–Crippen MR) is 71.0 cm³/mol. The fourth-order valence-corrected chi connectivity index (χ4v) is 2.26. The van der Waals surface area contributed by atoms with Gasteiger partial charge in [0.2, 0.25) is 5.88 Å². The molecule has 2 aromatic rings.